The molecule has 0 saturated heterocycles. The second-order valence-corrected chi connectivity index (χ2v) is 5.01. The van der Waals surface area contributed by atoms with Gasteiger partial charge in [0.1, 0.15) is 5.75 Å². The molecule has 118 valence electrons. The van der Waals surface area contributed by atoms with Crippen molar-refractivity contribution in [1.82, 2.24) is 10.2 Å². The standard InChI is InChI=1S/C15H25N3O3/c1-18(2)8-4-9-21-14-11-12(5-6-13(14)16)15(19)17-7-10-20-3/h5-6,11H,4,7-10,16H2,1-3H3,(H,17,19). The Morgan fingerprint density at radius 1 is 1.33 bits per heavy atom. The van der Waals surface area contributed by atoms with E-state index in [9.17, 15) is 4.79 Å². The Bertz CT molecular complexity index is 450. The van der Waals surface area contributed by atoms with E-state index < -0.39 is 0 Å². The molecule has 3 N–H and O–H groups in total. The number of methoxy groups -OCH3 is 1. The van der Waals surface area contributed by atoms with Crippen LogP contribution in [0.5, 0.6) is 5.75 Å². The molecule has 0 atom stereocenters. The zero-order chi connectivity index (χ0) is 15.7. The van der Waals surface area contributed by atoms with Crippen LogP contribution in [0.1, 0.15) is 16.8 Å². The van der Waals surface area contributed by atoms with E-state index in [0.29, 0.717) is 36.8 Å². The third-order valence-corrected chi connectivity index (χ3v) is 2.87. The van der Waals surface area contributed by atoms with Crippen LogP contribution in [0.15, 0.2) is 18.2 Å². The maximum atomic E-state index is 11.9. The number of nitrogens with two attached hydrogens (primary N) is 1. The molecule has 0 unspecified atom stereocenters. The van der Waals surface area contributed by atoms with Crippen molar-refractivity contribution in [2.75, 3.05) is 53.2 Å². The first-order valence-electron chi connectivity index (χ1n) is 6.98. The number of hydrogen-bond acceptors (Lipinski definition) is 5. The van der Waals surface area contributed by atoms with Crippen molar-refractivity contribution in [1.29, 1.82) is 0 Å². The number of nitrogens with one attached hydrogen (secondary N) is 1. The molecule has 1 rings (SSSR count). The number of nitrogens with zero attached hydrogens (tertiary/aromatic N) is 1. The van der Waals surface area contributed by atoms with Crippen molar-refractivity contribution >= 4 is 11.6 Å². The first kappa shape index (κ1) is 17.3. The maximum Gasteiger partial charge on any atom is 0.251 e. The van der Waals surface area contributed by atoms with Crippen LogP contribution in [0.25, 0.3) is 0 Å². The lowest BCUT2D eigenvalue weighted by atomic mass is 10.2. The van der Waals surface area contributed by atoms with Crippen molar-refractivity contribution in [2.24, 2.45) is 0 Å². The number of benzene rings is 1. The van der Waals surface area contributed by atoms with Gasteiger partial charge in [-0.25, -0.2) is 0 Å². The molecule has 0 aliphatic carbocycles. The van der Waals surface area contributed by atoms with Gasteiger partial charge in [0.2, 0.25) is 0 Å². The molecule has 0 aliphatic heterocycles. The molecule has 0 saturated carbocycles. The third-order valence-electron chi connectivity index (χ3n) is 2.87. The van der Waals surface area contributed by atoms with Crippen LogP contribution in [0.2, 0.25) is 0 Å². The number of ether oxygens (including phenoxy) is 2. The molecule has 0 bridgehead atoms. The quantitative estimate of drug-likeness (QED) is 0.524. The number of amides is 1. The van der Waals surface area contributed by atoms with Crippen molar-refractivity contribution in [3.63, 3.8) is 0 Å². The summed E-state index contributed by atoms with van der Waals surface area (Å²) in [7, 11) is 5.62. The lowest BCUT2D eigenvalue weighted by Gasteiger charge is -2.13. The van der Waals surface area contributed by atoms with E-state index in [0.717, 1.165) is 13.0 Å². The van der Waals surface area contributed by atoms with Crippen molar-refractivity contribution < 1.29 is 14.3 Å². The summed E-state index contributed by atoms with van der Waals surface area (Å²) in [6.07, 6.45) is 0.900. The zero-order valence-corrected chi connectivity index (χ0v) is 13.0. The molecule has 6 nitrogen and oxygen atoms in total. The van der Waals surface area contributed by atoms with Gasteiger partial charge in [-0.15, -0.1) is 0 Å². The fourth-order valence-corrected chi connectivity index (χ4v) is 1.73. The highest BCUT2D eigenvalue weighted by molar-refractivity contribution is 5.95. The number of carbonyl (C=O) groups excluding carboxylic acids is 1. The summed E-state index contributed by atoms with van der Waals surface area (Å²) >= 11 is 0. The Morgan fingerprint density at radius 3 is 2.76 bits per heavy atom. The Morgan fingerprint density at radius 2 is 2.10 bits per heavy atom. The largest absolute Gasteiger partial charge is 0.491 e. The highest BCUT2D eigenvalue weighted by Gasteiger charge is 2.09. The summed E-state index contributed by atoms with van der Waals surface area (Å²) in [4.78, 5) is 14.0. The highest BCUT2D eigenvalue weighted by Crippen LogP contribution is 2.22. The van der Waals surface area contributed by atoms with Crippen LogP contribution in [0.4, 0.5) is 5.69 Å². The molecule has 0 radical (unpaired) electrons. The Labute approximate surface area is 126 Å². The molecular formula is C15H25N3O3. The average Bonchev–Trinajstić information content (AvgIpc) is 2.45. The van der Waals surface area contributed by atoms with Crippen molar-refractivity contribution in [3.8, 4) is 5.75 Å². The van der Waals surface area contributed by atoms with Gasteiger partial charge in [-0.05, 0) is 38.7 Å². The van der Waals surface area contributed by atoms with Crippen LogP contribution in [-0.4, -0.2) is 58.3 Å². The summed E-state index contributed by atoms with van der Waals surface area (Å²) in [5.74, 6) is 0.387. The van der Waals surface area contributed by atoms with Crippen LogP contribution in [0, 0.1) is 0 Å². The monoisotopic (exact) mass is 295 g/mol. The van der Waals surface area contributed by atoms with E-state index in [4.69, 9.17) is 15.2 Å². The van der Waals surface area contributed by atoms with E-state index in [2.05, 4.69) is 10.2 Å². The molecule has 1 amide bonds. The summed E-state index contributed by atoms with van der Waals surface area (Å²) in [5, 5.41) is 2.76. The van der Waals surface area contributed by atoms with Gasteiger partial charge in [0.05, 0.1) is 18.9 Å². The number of carbonyl (C=O) groups is 1. The summed E-state index contributed by atoms with van der Waals surface area (Å²) in [5.41, 5.74) is 6.93. The van der Waals surface area contributed by atoms with Crippen LogP contribution >= 0.6 is 0 Å². The molecular weight excluding hydrogens is 270 g/mol. The van der Waals surface area contributed by atoms with Crippen molar-refractivity contribution in [2.45, 2.75) is 6.42 Å². The molecule has 0 fully saturated rings. The molecule has 0 aliphatic rings. The van der Waals surface area contributed by atoms with Gasteiger partial charge in [0.25, 0.3) is 5.91 Å². The first-order chi connectivity index (χ1) is 10.0. The van der Waals surface area contributed by atoms with Crippen LogP contribution in [0.3, 0.4) is 0 Å². The molecule has 0 aromatic heterocycles. The molecule has 21 heavy (non-hydrogen) atoms. The van der Waals surface area contributed by atoms with Gasteiger partial charge in [-0.1, -0.05) is 0 Å². The fourth-order valence-electron chi connectivity index (χ4n) is 1.73. The van der Waals surface area contributed by atoms with Gasteiger partial charge in [0.15, 0.2) is 0 Å². The van der Waals surface area contributed by atoms with E-state index in [1.807, 2.05) is 14.1 Å². The lowest BCUT2D eigenvalue weighted by molar-refractivity contribution is 0.0936. The summed E-state index contributed by atoms with van der Waals surface area (Å²) < 4.78 is 10.5. The van der Waals surface area contributed by atoms with Gasteiger partial charge in [0, 0.05) is 25.8 Å². The van der Waals surface area contributed by atoms with Crippen LogP contribution in [-0.2, 0) is 4.74 Å². The second-order valence-electron chi connectivity index (χ2n) is 5.01. The van der Waals surface area contributed by atoms with Gasteiger partial charge < -0.3 is 25.4 Å². The maximum absolute atomic E-state index is 11.9. The van der Waals surface area contributed by atoms with Gasteiger partial charge in [-0.2, -0.15) is 0 Å². The Hall–Kier alpha value is -1.79. The van der Waals surface area contributed by atoms with E-state index in [-0.39, 0.29) is 5.91 Å². The molecule has 0 heterocycles. The first-order valence-corrected chi connectivity index (χ1v) is 6.98. The van der Waals surface area contributed by atoms with E-state index in [1.165, 1.54) is 0 Å². The summed E-state index contributed by atoms with van der Waals surface area (Å²) in [6.45, 7) is 2.46. The predicted molar refractivity (Wildman–Crippen MR) is 83.7 cm³/mol. The van der Waals surface area contributed by atoms with Gasteiger partial charge >= 0.3 is 0 Å². The third kappa shape index (κ3) is 6.46. The Balaban J connectivity index is 2.56. The van der Waals surface area contributed by atoms with Gasteiger partial charge in [-0.3, -0.25) is 4.79 Å². The predicted octanol–water partition coefficient (Wildman–Crippen LogP) is 0.976. The van der Waals surface area contributed by atoms with Crippen molar-refractivity contribution in [3.05, 3.63) is 23.8 Å². The number of rotatable bonds is 9. The molecule has 0 spiro atoms. The fraction of sp³-hybridized carbons (Fsp3) is 0.533. The number of nitrogen functional groups attached to an aromatic ring is 1. The minimum absolute atomic E-state index is 0.162. The average molecular weight is 295 g/mol. The second kappa shape index (κ2) is 9.20. The smallest absolute Gasteiger partial charge is 0.251 e. The minimum atomic E-state index is -0.162. The SMILES string of the molecule is COCCNC(=O)c1ccc(N)c(OCCCN(C)C)c1. The zero-order valence-electron chi connectivity index (χ0n) is 13.0. The highest BCUT2D eigenvalue weighted by atomic mass is 16.5. The number of hydrogen-bond donors (Lipinski definition) is 2. The minimum Gasteiger partial charge on any atom is -0.491 e. The Kier molecular flexibility index (Phi) is 7.56. The van der Waals surface area contributed by atoms with E-state index >= 15 is 0 Å². The topological polar surface area (TPSA) is 76.8 Å². The van der Waals surface area contributed by atoms with Crippen LogP contribution < -0.4 is 15.8 Å². The van der Waals surface area contributed by atoms with E-state index in [1.54, 1.807) is 25.3 Å². The molecule has 1 aromatic rings. The number of anilines is 1. The molecule has 1 aromatic carbocycles. The lowest BCUT2D eigenvalue weighted by Crippen LogP contribution is -2.27. The normalized spacial score (nSPS) is 10.7. The summed E-state index contributed by atoms with van der Waals surface area (Å²) in [6, 6.07) is 5.05. The molecule has 6 heteroatoms.